The Balaban J connectivity index is 0.000000283. The first-order valence-electron chi connectivity index (χ1n) is 11.5. The van der Waals surface area contributed by atoms with E-state index in [4.69, 9.17) is 5.11 Å². The molecule has 0 bridgehead atoms. The van der Waals surface area contributed by atoms with E-state index in [0.717, 1.165) is 25.5 Å². The molecule has 0 heterocycles. The lowest BCUT2D eigenvalue weighted by Gasteiger charge is -2.14. The number of anilines is 2. The van der Waals surface area contributed by atoms with Gasteiger partial charge in [-0.3, -0.25) is 4.79 Å². The van der Waals surface area contributed by atoms with Gasteiger partial charge in [-0.15, -0.1) is 0 Å². The van der Waals surface area contributed by atoms with Gasteiger partial charge in [0.25, 0.3) is 0 Å². The molecule has 0 atom stereocenters. The highest BCUT2D eigenvalue weighted by atomic mass is 19.4. The SMILES string of the molecule is CN(C)CCCCC(=O)NC1CC1.O=C(O)NCc1ccc(Nc2ccccc2C(F)(F)F)cc1. The van der Waals surface area contributed by atoms with Crippen LogP contribution in [0.3, 0.4) is 0 Å². The summed E-state index contributed by atoms with van der Waals surface area (Å²) in [5.41, 5.74) is 0.408. The highest BCUT2D eigenvalue weighted by molar-refractivity contribution is 5.76. The Morgan fingerprint density at radius 3 is 2.26 bits per heavy atom. The molecule has 0 spiro atoms. The van der Waals surface area contributed by atoms with Crippen LogP contribution in [0.4, 0.5) is 29.3 Å². The van der Waals surface area contributed by atoms with Gasteiger partial charge >= 0.3 is 12.3 Å². The first kappa shape index (κ1) is 28.0. The summed E-state index contributed by atoms with van der Waals surface area (Å²) >= 11 is 0. The van der Waals surface area contributed by atoms with Gasteiger partial charge in [0, 0.05) is 24.7 Å². The summed E-state index contributed by atoms with van der Waals surface area (Å²) in [7, 11) is 4.12. The number of carbonyl (C=O) groups excluding carboxylic acids is 1. The molecule has 2 aromatic carbocycles. The second-order valence-corrected chi connectivity index (χ2v) is 8.63. The van der Waals surface area contributed by atoms with Crippen molar-refractivity contribution in [3.05, 3.63) is 59.7 Å². The summed E-state index contributed by atoms with van der Waals surface area (Å²) in [6, 6.07) is 12.2. The van der Waals surface area contributed by atoms with Gasteiger partial charge in [-0.1, -0.05) is 24.3 Å². The van der Waals surface area contributed by atoms with Crippen LogP contribution in [0.5, 0.6) is 0 Å². The first-order valence-corrected chi connectivity index (χ1v) is 11.5. The van der Waals surface area contributed by atoms with E-state index in [-0.39, 0.29) is 18.1 Å². The molecule has 1 saturated carbocycles. The van der Waals surface area contributed by atoms with E-state index in [1.165, 1.54) is 31.0 Å². The molecule has 7 nitrogen and oxygen atoms in total. The number of amides is 2. The van der Waals surface area contributed by atoms with Gasteiger partial charge < -0.3 is 26.0 Å². The smallest absolute Gasteiger partial charge is 0.418 e. The summed E-state index contributed by atoms with van der Waals surface area (Å²) in [6.07, 6.45) is -0.380. The fraction of sp³-hybridized carbons (Fsp3) is 0.440. The van der Waals surface area contributed by atoms with Crippen LogP contribution in [0.25, 0.3) is 0 Å². The Morgan fingerprint density at radius 2 is 1.69 bits per heavy atom. The molecular weight excluding hydrogens is 461 g/mol. The van der Waals surface area contributed by atoms with Crippen LogP contribution in [-0.4, -0.2) is 48.7 Å². The Kier molecular flexibility index (Phi) is 10.8. The Hall–Kier alpha value is -3.27. The highest BCUT2D eigenvalue weighted by Crippen LogP contribution is 2.35. The standard InChI is InChI=1S/C15H13F3N2O2.C10H20N2O/c16-15(17,18)12-3-1-2-4-13(12)20-11-7-5-10(6-8-11)9-19-14(21)22;1-12(2)8-4-3-5-10(13)11-9-6-7-9/h1-8,19-20H,9H2,(H,21,22);9H,3-8H2,1-2H3,(H,11,13). The van der Waals surface area contributed by atoms with Crippen LogP contribution in [0.15, 0.2) is 48.5 Å². The molecule has 0 radical (unpaired) electrons. The first-order chi connectivity index (χ1) is 16.5. The fourth-order valence-electron chi connectivity index (χ4n) is 3.12. The second kappa shape index (κ2) is 13.6. The van der Waals surface area contributed by atoms with Crippen molar-refractivity contribution in [2.75, 3.05) is 26.0 Å². The fourth-order valence-corrected chi connectivity index (χ4v) is 3.12. The monoisotopic (exact) mass is 494 g/mol. The molecule has 1 aliphatic rings. The lowest BCUT2D eigenvalue weighted by molar-refractivity contribution is -0.137. The van der Waals surface area contributed by atoms with Gasteiger partial charge in [0.05, 0.1) is 11.3 Å². The number of para-hydroxylation sites is 1. The summed E-state index contributed by atoms with van der Waals surface area (Å²) in [4.78, 5) is 23.7. The van der Waals surface area contributed by atoms with Gasteiger partial charge in [-0.05, 0) is 76.2 Å². The summed E-state index contributed by atoms with van der Waals surface area (Å²) in [5.74, 6) is 0.237. The maximum absolute atomic E-state index is 12.9. The maximum Gasteiger partial charge on any atom is 0.418 e. The van der Waals surface area contributed by atoms with Crippen molar-refractivity contribution in [2.45, 2.75) is 50.9 Å². The topological polar surface area (TPSA) is 93.7 Å². The summed E-state index contributed by atoms with van der Waals surface area (Å²) in [6.45, 7) is 1.21. The number of carbonyl (C=O) groups is 2. The third kappa shape index (κ3) is 11.6. The molecule has 2 amide bonds. The van der Waals surface area contributed by atoms with E-state index in [2.05, 4.69) is 34.9 Å². The maximum atomic E-state index is 12.9. The van der Waals surface area contributed by atoms with Crippen molar-refractivity contribution in [1.29, 1.82) is 0 Å². The predicted octanol–water partition coefficient (Wildman–Crippen LogP) is 5.21. The Morgan fingerprint density at radius 1 is 1.03 bits per heavy atom. The zero-order valence-corrected chi connectivity index (χ0v) is 20.0. The van der Waals surface area contributed by atoms with E-state index in [1.54, 1.807) is 24.3 Å². The van der Waals surface area contributed by atoms with Crippen LogP contribution < -0.4 is 16.0 Å². The number of nitrogens with zero attached hydrogens (tertiary/aromatic N) is 1. The quantitative estimate of drug-likeness (QED) is 0.340. The minimum absolute atomic E-state index is 0.0357. The molecule has 35 heavy (non-hydrogen) atoms. The highest BCUT2D eigenvalue weighted by Gasteiger charge is 2.33. The average Bonchev–Trinajstić information content (AvgIpc) is 3.60. The van der Waals surface area contributed by atoms with E-state index in [1.807, 2.05) is 0 Å². The largest absolute Gasteiger partial charge is 0.465 e. The zero-order valence-electron chi connectivity index (χ0n) is 20.0. The number of nitrogens with one attached hydrogen (secondary N) is 3. The number of halogens is 3. The molecule has 1 aliphatic carbocycles. The molecule has 192 valence electrons. The minimum Gasteiger partial charge on any atom is -0.465 e. The van der Waals surface area contributed by atoms with Crippen LogP contribution in [0.2, 0.25) is 0 Å². The molecule has 2 aromatic rings. The molecule has 3 rings (SSSR count). The van der Waals surface area contributed by atoms with E-state index in [9.17, 15) is 22.8 Å². The predicted molar refractivity (Wildman–Crippen MR) is 130 cm³/mol. The van der Waals surface area contributed by atoms with Crippen LogP contribution in [0, 0.1) is 0 Å². The Bertz CT molecular complexity index is 946. The summed E-state index contributed by atoms with van der Waals surface area (Å²) < 4.78 is 38.7. The van der Waals surface area contributed by atoms with Crippen molar-refractivity contribution < 1.29 is 27.9 Å². The molecular formula is C25H33F3N4O3. The van der Waals surface area contributed by atoms with Gasteiger partial charge in [0.1, 0.15) is 0 Å². The van der Waals surface area contributed by atoms with Crippen LogP contribution in [0.1, 0.15) is 43.2 Å². The number of hydrogen-bond donors (Lipinski definition) is 4. The Labute approximate surface area is 203 Å². The third-order valence-corrected chi connectivity index (χ3v) is 5.11. The lowest BCUT2D eigenvalue weighted by Crippen LogP contribution is -2.25. The molecule has 4 N–H and O–H groups in total. The second-order valence-electron chi connectivity index (χ2n) is 8.63. The van der Waals surface area contributed by atoms with Crippen LogP contribution >= 0.6 is 0 Å². The number of rotatable bonds is 10. The normalized spacial score (nSPS) is 13.0. The van der Waals surface area contributed by atoms with Crippen molar-refractivity contribution in [3.8, 4) is 0 Å². The molecule has 0 unspecified atom stereocenters. The number of benzene rings is 2. The lowest BCUT2D eigenvalue weighted by atomic mass is 10.1. The average molecular weight is 495 g/mol. The molecule has 0 aromatic heterocycles. The van der Waals surface area contributed by atoms with E-state index < -0.39 is 17.8 Å². The summed E-state index contributed by atoms with van der Waals surface area (Å²) in [5, 5.41) is 16.4. The van der Waals surface area contributed by atoms with Crippen molar-refractivity contribution in [1.82, 2.24) is 15.5 Å². The van der Waals surface area contributed by atoms with Gasteiger partial charge in [0.15, 0.2) is 0 Å². The molecule has 10 heteroatoms. The zero-order chi connectivity index (χ0) is 25.8. The number of alkyl halides is 3. The number of hydrogen-bond acceptors (Lipinski definition) is 4. The van der Waals surface area contributed by atoms with Gasteiger partial charge in [-0.2, -0.15) is 13.2 Å². The van der Waals surface area contributed by atoms with Crippen molar-refractivity contribution in [2.24, 2.45) is 0 Å². The third-order valence-electron chi connectivity index (χ3n) is 5.11. The van der Waals surface area contributed by atoms with Crippen molar-refractivity contribution >= 4 is 23.4 Å². The number of unbranched alkanes of at least 4 members (excludes halogenated alkanes) is 1. The molecule has 0 saturated heterocycles. The van der Waals surface area contributed by atoms with E-state index in [0.29, 0.717) is 23.7 Å². The van der Waals surface area contributed by atoms with Gasteiger partial charge in [0.2, 0.25) is 5.91 Å². The van der Waals surface area contributed by atoms with E-state index >= 15 is 0 Å². The molecule has 0 aliphatic heterocycles. The minimum atomic E-state index is -4.44. The molecule has 1 fully saturated rings. The van der Waals surface area contributed by atoms with Crippen LogP contribution in [-0.2, 0) is 17.5 Å². The number of carboxylic acid groups (broad SMARTS) is 1. The van der Waals surface area contributed by atoms with Crippen molar-refractivity contribution in [3.63, 3.8) is 0 Å². The van der Waals surface area contributed by atoms with Gasteiger partial charge in [-0.25, -0.2) is 4.79 Å².